The number of amides is 1. The molecule has 0 aliphatic carbocycles. The first kappa shape index (κ1) is 21.2. The quantitative estimate of drug-likeness (QED) is 0.287. The Morgan fingerprint density at radius 1 is 1.31 bits per heavy atom. The van der Waals surface area contributed by atoms with Crippen molar-refractivity contribution in [1.29, 1.82) is 0 Å². The molecule has 0 saturated heterocycles. The lowest BCUT2D eigenvalue weighted by atomic mass is 10.1. The first-order chi connectivity index (χ1) is 12.1. The zero-order valence-electron chi connectivity index (χ0n) is 13.6. The maximum Gasteiger partial charge on any atom is 0.416 e. The molecule has 0 aliphatic rings. The summed E-state index contributed by atoms with van der Waals surface area (Å²) >= 11 is 0. The van der Waals surface area contributed by atoms with Crippen LogP contribution in [0.5, 0.6) is 0 Å². The van der Waals surface area contributed by atoms with Crippen molar-refractivity contribution in [2.45, 2.75) is 6.18 Å². The van der Waals surface area contributed by atoms with E-state index in [1.165, 1.54) is 7.11 Å². The van der Waals surface area contributed by atoms with Crippen molar-refractivity contribution < 1.29 is 37.2 Å². The van der Waals surface area contributed by atoms with E-state index in [9.17, 15) is 32.9 Å². The number of nitrogens with zero attached hydrogens (tertiary/aromatic N) is 1. The molecule has 144 valence electrons. The number of hydrogen-bond donors (Lipinski definition) is 2. The summed E-state index contributed by atoms with van der Waals surface area (Å²) in [5.41, 5.74) is -2.32. The van der Waals surface area contributed by atoms with Gasteiger partial charge in [-0.15, -0.1) is 0 Å². The minimum Gasteiger partial charge on any atom is -0.454 e. The van der Waals surface area contributed by atoms with Gasteiger partial charge in [-0.05, 0) is 12.1 Å². The second-order valence-electron chi connectivity index (χ2n) is 4.84. The Morgan fingerprint density at radius 3 is 2.58 bits per heavy atom. The number of nitro groups is 1. The number of hydrogen-bond acceptors (Lipinski definition) is 7. The number of ether oxygens (including phenoxy) is 2. The van der Waals surface area contributed by atoms with Crippen molar-refractivity contribution in [1.82, 2.24) is 5.32 Å². The standard InChI is InChI=1S/C14H16F3N3O6/c1-25-5-4-18-12(21)8-26-13(22)7-19-10-3-2-9(14(15,16)17)6-11(10)20(23)24/h2-3,6,19H,4-5,7-8H2,1H3,(H,18,21). The molecule has 1 aromatic rings. The first-order valence-electron chi connectivity index (χ1n) is 7.16. The van der Waals surface area contributed by atoms with Crippen molar-refractivity contribution in [2.75, 3.05) is 38.7 Å². The highest BCUT2D eigenvalue weighted by molar-refractivity contribution is 5.82. The number of carbonyl (C=O) groups excluding carboxylic acids is 2. The average molecular weight is 379 g/mol. The van der Waals surface area contributed by atoms with Crippen LogP contribution in [-0.2, 0) is 25.2 Å². The number of carbonyl (C=O) groups is 2. The van der Waals surface area contributed by atoms with Crippen LogP contribution in [0, 0.1) is 10.1 Å². The largest absolute Gasteiger partial charge is 0.454 e. The number of anilines is 1. The van der Waals surface area contributed by atoms with Gasteiger partial charge < -0.3 is 20.1 Å². The molecular weight excluding hydrogens is 363 g/mol. The SMILES string of the molecule is COCCNC(=O)COC(=O)CNc1ccc(C(F)(F)F)cc1[N+](=O)[O-]. The van der Waals surface area contributed by atoms with Crippen molar-refractivity contribution in [3.05, 3.63) is 33.9 Å². The van der Waals surface area contributed by atoms with E-state index in [4.69, 9.17) is 4.74 Å². The van der Waals surface area contributed by atoms with Gasteiger partial charge in [-0.25, -0.2) is 0 Å². The molecule has 0 saturated carbocycles. The highest BCUT2D eigenvalue weighted by Crippen LogP contribution is 2.34. The van der Waals surface area contributed by atoms with Crippen molar-refractivity contribution in [2.24, 2.45) is 0 Å². The highest BCUT2D eigenvalue weighted by atomic mass is 19.4. The van der Waals surface area contributed by atoms with E-state index in [2.05, 4.69) is 15.4 Å². The lowest BCUT2D eigenvalue weighted by molar-refractivity contribution is -0.384. The number of nitrogens with one attached hydrogen (secondary N) is 2. The Balaban J connectivity index is 2.60. The summed E-state index contributed by atoms with van der Waals surface area (Å²) < 4.78 is 47.1. The van der Waals surface area contributed by atoms with Crippen LogP contribution in [0.15, 0.2) is 18.2 Å². The van der Waals surface area contributed by atoms with E-state index < -0.39 is 47.4 Å². The molecule has 2 N–H and O–H groups in total. The smallest absolute Gasteiger partial charge is 0.416 e. The molecule has 0 unspecified atom stereocenters. The summed E-state index contributed by atoms with van der Waals surface area (Å²) in [5, 5.41) is 15.6. The summed E-state index contributed by atoms with van der Waals surface area (Å²) in [4.78, 5) is 32.7. The van der Waals surface area contributed by atoms with Gasteiger partial charge >= 0.3 is 12.1 Å². The van der Waals surface area contributed by atoms with Gasteiger partial charge in [0.15, 0.2) is 6.61 Å². The Labute approximate surface area is 145 Å². The van der Waals surface area contributed by atoms with E-state index in [0.717, 1.165) is 6.07 Å². The fraction of sp³-hybridized carbons (Fsp3) is 0.429. The summed E-state index contributed by atoms with van der Waals surface area (Å²) in [5.74, 6) is -1.49. The lowest BCUT2D eigenvalue weighted by Crippen LogP contribution is -2.32. The molecule has 0 heterocycles. The van der Waals surface area contributed by atoms with Gasteiger partial charge in [0.05, 0.1) is 17.1 Å². The van der Waals surface area contributed by atoms with Gasteiger partial charge in [-0.3, -0.25) is 19.7 Å². The number of rotatable bonds is 9. The summed E-state index contributed by atoms with van der Waals surface area (Å²) in [6.07, 6.45) is -4.74. The van der Waals surface area contributed by atoms with Gasteiger partial charge in [0.25, 0.3) is 11.6 Å². The Bertz CT molecular complexity index is 666. The van der Waals surface area contributed by atoms with Crippen LogP contribution in [0.1, 0.15) is 5.56 Å². The number of methoxy groups -OCH3 is 1. The Kier molecular flexibility index (Phi) is 7.77. The van der Waals surface area contributed by atoms with Crippen LogP contribution in [0.25, 0.3) is 0 Å². The molecule has 0 atom stereocenters. The Morgan fingerprint density at radius 2 is 2.00 bits per heavy atom. The monoisotopic (exact) mass is 379 g/mol. The minimum absolute atomic E-state index is 0.225. The van der Waals surface area contributed by atoms with E-state index in [0.29, 0.717) is 12.1 Å². The third-order valence-corrected chi connectivity index (χ3v) is 2.94. The number of nitro benzene ring substituents is 1. The maximum absolute atomic E-state index is 12.6. The normalized spacial score (nSPS) is 10.9. The lowest BCUT2D eigenvalue weighted by Gasteiger charge is -2.10. The van der Waals surface area contributed by atoms with E-state index >= 15 is 0 Å². The molecule has 0 aromatic heterocycles. The van der Waals surface area contributed by atoms with E-state index in [1.54, 1.807) is 0 Å². The van der Waals surface area contributed by atoms with Crippen LogP contribution in [0.4, 0.5) is 24.5 Å². The van der Waals surface area contributed by atoms with Gasteiger partial charge in [-0.2, -0.15) is 13.2 Å². The van der Waals surface area contributed by atoms with Crippen molar-refractivity contribution >= 4 is 23.3 Å². The zero-order chi connectivity index (χ0) is 19.7. The number of alkyl halides is 3. The van der Waals surface area contributed by atoms with E-state index in [-0.39, 0.29) is 18.8 Å². The molecule has 1 amide bonds. The Hall–Kier alpha value is -2.89. The maximum atomic E-state index is 12.6. The topological polar surface area (TPSA) is 120 Å². The predicted octanol–water partition coefficient (Wildman–Crippen LogP) is 1.33. The fourth-order valence-electron chi connectivity index (χ4n) is 1.72. The number of esters is 1. The number of benzene rings is 1. The van der Waals surface area contributed by atoms with Gasteiger partial charge in [0.1, 0.15) is 12.2 Å². The molecular formula is C14H16F3N3O6. The molecule has 0 bridgehead atoms. The second kappa shape index (κ2) is 9.56. The molecule has 12 heteroatoms. The highest BCUT2D eigenvalue weighted by Gasteiger charge is 2.33. The third kappa shape index (κ3) is 6.93. The van der Waals surface area contributed by atoms with Crippen LogP contribution in [-0.4, -0.2) is 50.2 Å². The molecule has 26 heavy (non-hydrogen) atoms. The minimum atomic E-state index is -4.74. The van der Waals surface area contributed by atoms with E-state index in [1.807, 2.05) is 0 Å². The fourth-order valence-corrected chi connectivity index (χ4v) is 1.72. The summed E-state index contributed by atoms with van der Waals surface area (Å²) in [6, 6.07) is 1.84. The molecule has 9 nitrogen and oxygen atoms in total. The van der Waals surface area contributed by atoms with Crippen LogP contribution >= 0.6 is 0 Å². The summed E-state index contributed by atoms with van der Waals surface area (Å²) in [6.45, 7) is -0.640. The molecule has 0 radical (unpaired) electrons. The molecule has 0 spiro atoms. The summed E-state index contributed by atoms with van der Waals surface area (Å²) in [7, 11) is 1.44. The number of halogens is 3. The first-order valence-corrected chi connectivity index (χ1v) is 7.16. The molecule has 0 fully saturated rings. The van der Waals surface area contributed by atoms with Gasteiger partial charge in [0.2, 0.25) is 0 Å². The zero-order valence-corrected chi connectivity index (χ0v) is 13.6. The van der Waals surface area contributed by atoms with Crippen molar-refractivity contribution in [3.63, 3.8) is 0 Å². The predicted molar refractivity (Wildman–Crippen MR) is 82.4 cm³/mol. The third-order valence-electron chi connectivity index (χ3n) is 2.94. The van der Waals surface area contributed by atoms with Gasteiger partial charge in [0, 0.05) is 19.7 Å². The second-order valence-corrected chi connectivity index (χ2v) is 4.84. The van der Waals surface area contributed by atoms with Crippen LogP contribution < -0.4 is 10.6 Å². The van der Waals surface area contributed by atoms with Crippen molar-refractivity contribution in [3.8, 4) is 0 Å². The van der Waals surface area contributed by atoms with Crippen LogP contribution in [0.3, 0.4) is 0 Å². The average Bonchev–Trinajstić information content (AvgIpc) is 2.57. The molecule has 1 aromatic carbocycles. The van der Waals surface area contributed by atoms with Crippen LogP contribution in [0.2, 0.25) is 0 Å². The molecule has 1 rings (SSSR count). The van der Waals surface area contributed by atoms with Gasteiger partial charge in [-0.1, -0.05) is 0 Å². The molecule has 0 aliphatic heterocycles.